The fraction of sp³-hybridized carbons (Fsp3) is 0.294. The second-order valence-electron chi connectivity index (χ2n) is 5.30. The lowest BCUT2D eigenvalue weighted by molar-refractivity contribution is 0.288. The average Bonchev–Trinajstić information content (AvgIpc) is 2.50. The Morgan fingerprint density at radius 2 is 1.95 bits per heavy atom. The van der Waals surface area contributed by atoms with Gasteiger partial charge in [0.2, 0.25) is 0 Å². The fourth-order valence-electron chi connectivity index (χ4n) is 2.59. The Bertz CT molecular complexity index is 685. The summed E-state index contributed by atoms with van der Waals surface area (Å²) >= 11 is 6.40. The molecule has 0 fully saturated rings. The minimum atomic E-state index is -0.642. The molecule has 2 aromatic carbocycles. The number of halogens is 3. The minimum Gasteiger partial charge on any atom is -0.493 e. The molecule has 0 saturated heterocycles. The van der Waals surface area contributed by atoms with E-state index in [2.05, 4.69) is 0 Å². The summed E-state index contributed by atoms with van der Waals surface area (Å²) < 4.78 is 32.9. The Morgan fingerprint density at radius 1 is 1.14 bits per heavy atom. The zero-order valence-electron chi connectivity index (χ0n) is 11.6. The molecule has 3 rings (SSSR count). The van der Waals surface area contributed by atoms with E-state index in [9.17, 15) is 8.78 Å². The molecule has 1 atom stereocenters. The summed E-state index contributed by atoms with van der Waals surface area (Å²) in [6.45, 7) is 2.32. The Kier molecular flexibility index (Phi) is 3.85. The molecule has 0 aromatic heterocycles. The summed E-state index contributed by atoms with van der Waals surface area (Å²) in [5, 5.41) is -0.642. The van der Waals surface area contributed by atoms with Crippen molar-refractivity contribution < 1.29 is 13.5 Å². The van der Waals surface area contributed by atoms with Crippen LogP contribution in [0.25, 0.3) is 0 Å². The van der Waals surface area contributed by atoms with Gasteiger partial charge in [-0.05, 0) is 48.6 Å². The number of hydrogen-bond acceptors (Lipinski definition) is 1. The van der Waals surface area contributed by atoms with Crippen molar-refractivity contribution >= 4 is 11.6 Å². The molecule has 4 heteroatoms. The summed E-state index contributed by atoms with van der Waals surface area (Å²) in [7, 11) is 0. The number of aryl methyl sites for hydroxylation is 2. The van der Waals surface area contributed by atoms with Gasteiger partial charge >= 0.3 is 0 Å². The zero-order valence-corrected chi connectivity index (χ0v) is 12.4. The second-order valence-corrected chi connectivity index (χ2v) is 5.74. The highest BCUT2D eigenvalue weighted by atomic mass is 35.5. The first kappa shape index (κ1) is 14.3. The lowest BCUT2D eigenvalue weighted by Gasteiger charge is -2.20. The largest absolute Gasteiger partial charge is 0.493 e. The number of alkyl halides is 1. The first-order chi connectivity index (χ1) is 10.1. The van der Waals surface area contributed by atoms with Gasteiger partial charge in [-0.3, -0.25) is 0 Å². The first-order valence-electron chi connectivity index (χ1n) is 6.91. The van der Waals surface area contributed by atoms with Gasteiger partial charge in [0, 0.05) is 11.6 Å². The molecule has 110 valence electrons. The number of hydrogen-bond donors (Lipinski definition) is 0. The van der Waals surface area contributed by atoms with Crippen LogP contribution in [0.15, 0.2) is 30.3 Å². The fourth-order valence-corrected chi connectivity index (χ4v) is 2.89. The van der Waals surface area contributed by atoms with E-state index in [1.165, 1.54) is 6.07 Å². The molecule has 1 unspecified atom stereocenters. The van der Waals surface area contributed by atoms with E-state index in [1.54, 1.807) is 6.92 Å². The number of benzene rings is 2. The molecule has 0 spiro atoms. The lowest BCUT2D eigenvalue weighted by atomic mass is 9.97. The van der Waals surface area contributed by atoms with Gasteiger partial charge in [-0.15, -0.1) is 11.6 Å². The van der Waals surface area contributed by atoms with Crippen molar-refractivity contribution in [1.82, 2.24) is 0 Å². The van der Waals surface area contributed by atoms with Crippen LogP contribution in [0.5, 0.6) is 5.75 Å². The van der Waals surface area contributed by atoms with E-state index >= 15 is 0 Å². The van der Waals surface area contributed by atoms with Crippen LogP contribution < -0.4 is 4.74 Å². The monoisotopic (exact) mass is 308 g/mol. The van der Waals surface area contributed by atoms with Gasteiger partial charge in [-0.1, -0.05) is 12.1 Å². The Morgan fingerprint density at radius 3 is 2.76 bits per heavy atom. The third-order valence-corrected chi connectivity index (χ3v) is 4.26. The van der Waals surface area contributed by atoms with Crippen molar-refractivity contribution in [3.63, 3.8) is 0 Å². The molecule has 1 aliphatic rings. The van der Waals surface area contributed by atoms with E-state index in [0.29, 0.717) is 11.1 Å². The van der Waals surface area contributed by atoms with Crippen LogP contribution >= 0.6 is 11.6 Å². The topological polar surface area (TPSA) is 9.23 Å². The highest BCUT2D eigenvalue weighted by Gasteiger charge is 2.19. The molecule has 0 saturated carbocycles. The predicted molar refractivity (Wildman–Crippen MR) is 79.0 cm³/mol. The molecule has 1 nitrogen and oxygen atoms in total. The molecule has 0 amide bonds. The quantitative estimate of drug-likeness (QED) is 0.715. The lowest BCUT2D eigenvalue weighted by Crippen LogP contribution is -2.09. The third-order valence-electron chi connectivity index (χ3n) is 3.78. The Labute approximate surface area is 127 Å². The van der Waals surface area contributed by atoms with E-state index in [1.807, 2.05) is 18.2 Å². The minimum absolute atomic E-state index is 0.298. The van der Waals surface area contributed by atoms with Crippen LogP contribution in [0.3, 0.4) is 0 Å². The smallest absolute Gasteiger partial charge is 0.131 e. The maximum absolute atomic E-state index is 14.0. The van der Waals surface area contributed by atoms with E-state index < -0.39 is 17.0 Å². The molecule has 1 heterocycles. The van der Waals surface area contributed by atoms with Crippen molar-refractivity contribution in [2.24, 2.45) is 0 Å². The van der Waals surface area contributed by atoms with Gasteiger partial charge < -0.3 is 4.74 Å². The molecular weight excluding hydrogens is 294 g/mol. The average molecular weight is 309 g/mol. The Balaban J connectivity index is 1.98. The number of fused-ring (bicyclic) bond motifs is 1. The van der Waals surface area contributed by atoms with Crippen LogP contribution in [-0.4, -0.2) is 6.61 Å². The summed E-state index contributed by atoms with van der Waals surface area (Å²) in [5.74, 6) is -0.310. The Hall–Kier alpha value is -1.61. The number of rotatable bonds is 2. The van der Waals surface area contributed by atoms with E-state index in [4.69, 9.17) is 16.3 Å². The summed E-state index contributed by atoms with van der Waals surface area (Å²) in [5.41, 5.74) is 2.57. The SMILES string of the molecule is Cc1cc(C(Cl)c2ccc3c(c2)CCCO3)c(F)cc1F. The maximum atomic E-state index is 14.0. The molecule has 2 aromatic rings. The zero-order chi connectivity index (χ0) is 15.0. The molecule has 0 aliphatic carbocycles. The molecular formula is C17H15ClF2O. The van der Waals surface area contributed by atoms with Gasteiger partial charge in [0.15, 0.2) is 0 Å². The molecule has 21 heavy (non-hydrogen) atoms. The van der Waals surface area contributed by atoms with E-state index in [-0.39, 0.29) is 0 Å². The molecule has 0 N–H and O–H groups in total. The van der Waals surface area contributed by atoms with Gasteiger partial charge in [0.05, 0.1) is 12.0 Å². The van der Waals surface area contributed by atoms with Crippen molar-refractivity contribution in [1.29, 1.82) is 0 Å². The summed E-state index contributed by atoms with van der Waals surface area (Å²) in [6, 6.07) is 8.01. The van der Waals surface area contributed by atoms with Gasteiger partial charge in [0.1, 0.15) is 17.4 Å². The van der Waals surface area contributed by atoms with Crippen LogP contribution in [0.2, 0.25) is 0 Å². The van der Waals surface area contributed by atoms with Crippen LogP contribution in [0.1, 0.15) is 34.1 Å². The van der Waals surface area contributed by atoms with Crippen LogP contribution in [0, 0.1) is 18.6 Å². The maximum Gasteiger partial charge on any atom is 0.131 e. The van der Waals surface area contributed by atoms with Crippen molar-refractivity contribution in [2.75, 3.05) is 6.61 Å². The van der Waals surface area contributed by atoms with Gasteiger partial charge in [0.25, 0.3) is 0 Å². The molecule has 0 radical (unpaired) electrons. The standard InChI is InChI=1S/C17H15ClF2O/c1-10-7-13(15(20)9-14(10)19)17(18)12-4-5-16-11(8-12)3-2-6-21-16/h4-5,7-9,17H,2-3,6H2,1H3. The molecule has 0 bridgehead atoms. The summed E-state index contributed by atoms with van der Waals surface area (Å²) in [4.78, 5) is 0. The van der Waals surface area contributed by atoms with Crippen molar-refractivity contribution in [3.8, 4) is 5.75 Å². The third kappa shape index (κ3) is 2.75. The molecule has 1 aliphatic heterocycles. The van der Waals surface area contributed by atoms with Crippen LogP contribution in [0.4, 0.5) is 8.78 Å². The van der Waals surface area contributed by atoms with Crippen LogP contribution in [-0.2, 0) is 6.42 Å². The first-order valence-corrected chi connectivity index (χ1v) is 7.35. The van der Waals surface area contributed by atoms with Gasteiger partial charge in [-0.2, -0.15) is 0 Å². The summed E-state index contributed by atoms with van der Waals surface area (Å²) in [6.07, 6.45) is 1.89. The van der Waals surface area contributed by atoms with E-state index in [0.717, 1.165) is 42.4 Å². The normalized spacial score (nSPS) is 15.2. The highest BCUT2D eigenvalue weighted by molar-refractivity contribution is 6.22. The van der Waals surface area contributed by atoms with Crippen molar-refractivity contribution in [2.45, 2.75) is 25.1 Å². The second kappa shape index (κ2) is 5.64. The van der Waals surface area contributed by atoms with Crippen molar-refractivity contribution in [3.05, 3.63) is 64.2 Å². The highest BCUT2D eigenvalue weighted by Crippen LogP contribution is 2.35. The predicted octanol–water partition coefficient (Wildman–Crippen LogP) is 4.93. The van der Waals surface area contributed by atoms with Gasteiger partial charge in [-0.25, -0.2) is 8.78 Å². The number of ether oxygens (including phenoxy) is 1.